The van der Waals surface area contributed by atoms with Crippen LogP contribution in [0.4, 0.5) is 17.6 Å². The molecule has 6 heteroatoms. The van der Waals surface area contributed by atoms with E-state index in [-0.39, 0.29) is 11.4 Å². The lowest BCUT2D eigenvalue weighted by molar-refractivity contribution is -0.137. The van der Waals surface area contributed by atoms with Crippen LogP contribution in [-0.4, -0.2) is 0 Å². The number of halogens is 5. The molecule has 112 valence electrons. The number of nitrogens with two attached hydrogens (primary N) is 1. The third-order valence-electron chi connectivity index (χ3n) is 3.10. The molecule has 0 aromatic heterocycles. The average molecular weight is 318 g/mol. The SMILES string of the molecule is NC(Cc1ccc(F)cc1Cl)c1cccc(C(F)(F)F)c1. The molecule has 21 heavy (non-hydrogen) atoms. The molecular weight excluding hydrogens is 306 g/mol. The fourth-order valence-corrected chi connectivity index (χ4v) is 2.23. The second kappa shape index (κ2) is 6.03. The Bertz CT molecular complexity index is 640. The highest BCUT2D eigenvalue weighted by molar-refractivity contribution is 6.31. The zero-order valence-corrected chi connectivity index (χ0v) is 11.5. The Balaban J connectivity index is 2.22. The van der Waals surface area contributed by atoms with Crippen LogP contribution in [0.25, 0.3) is 0 Å². The number of rotatable bonds is 3. The lowest BCUT2D eigenvalue weighted by Gasteiger charge is -2.15. The van der Waals surface area contributed by atoms with E-state index in [4.69, 9.17) is 17.3 Å². The van der Waals surface area contributed by atoms with Crippen molar-refractivity contribution in [2.24, 2.45) is 5.73 Å². The Morgan fingerprint density at radius 1 is 1.10 bits per heavy atom. The molecule has 0 fully saturated rings. The number of hydrogen-bond acceptors (Lipinski definition) is 1. The summed E-state index contributed by atoms with van der Waals surface area (Å²) in [5.74, 6) is -0.476. The molecule has 2 N–H and O–H groups in total. The van der Waals surface area contributed by atoms with E-state index in [0.717, 1.165) is 18.2 Å². The molecule has 1 nitrogen and oxygen atoms in total. The topological polar surface area (TPSA) is 26.0 Å². The van der Waals surface area contributed by atoms with Gasteiger partial charge in [0.05, 0.1) is 5.56 Å². The first-order valence-corrected chi connectivity index (χ1v) is 6.52. The van der Waals surface area contributed by atoms with Crippen molar-refractivity contribution in [3.63, 3.8) is 0 Å². The maximum absolute atomic E-state index is 13.0. The molecule has 0 radical (unpaired) electrons. The van der Waals surface area contributed by atoms with Crippen LogP contribution in [0.1, 0.15) is 22.7 Å². The Hall–Kier alpha value is -1.59. The summed E-state index contributed by atoms with van der Waals surface area (Å²) in [5.41, 5.74) is 6.12. The molecule has 0 aliphatic carbocycles. The van der Waals surface area contributed by atoms with Gasteiger partial charge in [0.15, 0.2) is 0 Å². The van der Waals surface area contributed by atoms with Crippen LogP contribution in [0.5, 0.6) is 0 Å². The van der Waals surface area contributed by atoms with Gasteiger partial charge >= 0.3 is 6.18 Å². The van der Waals surface area contributed by atoms with E-state index in [1.165, 1.54) is 24.3 Å². The molecule has 0 heterocycles. The van der Waals surface area contributed by atoms with Crippen LogP contribution in [0.3, 0.4) is 0 Å². The third-order valence-corrected chi connectivity index (χ3v) is 3.45. The molecule has 0 spiro atoms. The van der Waals surface area contributed by atoms with Gasteiger partial charge < -0.3 is 5.73 Å². The predicted octanol–water partition coefficient (Wildman–Crippen LogP) is 4.74. The molecule has 0 bridgehead atoms. The van der Waals surface area contributed by atoms with Crippen LogP contribution in [0.15, 0.2) is 42.5 Å². The summed E-state index contributed by atoms with van der Waals surface area (Å²) < 4.78 is 50.9. The molecule has 2 aromatic rings. The third kappa shape index (κ3) is 3.95. The summed E-state index contributed by atoms with van der Waals surface area (Å²) in [6.07, 6.45) is -4.19. The van der Waals surface area contributed by atoms with Crippen molar-refractivity contribution in [3.8, 4) is 0 Å². The Kier molecular flexibility index (Phi) is 4.54. The minimum atomic E-state index is -4.41. The highest BCUT2D eigenvalue weighted by Crippen LogP contribution is 2.31. The minimum absolute atomic E-state index is 0.206. The van der Waals surface area contributed by atoms with Gasteiger partial charge in [0.25, 0.3) is 0 Å². The number of benzene rings is 2. The Labute approximate surface area is 124 Å². The maximum atomic E-state index is 13.0. The molecule has 0 amide bonds. The predicted molar refractivity (Wildman–Crippen MR) is 73.5 cm³/mol. The zero-order chi connectivity index (χ0) is 15.6. The van der Waals surface area contributed by atoms with Gasteiger partial charge in [-0.2, -0.15) is 13.2 Å². The van der Waals surface area contributed by atoms with E-state index in [1.54, 1.807) is 0 Å². The fourth-order valence-electron chi connectivity index (χ4n) is 1.99. The fraction of sp³-hybridized carbons (Fsp3) is 0.200. The normalized spacial score (nSPS) is 13.2. The van der Waals surface area contributed by atoms with Crippen LogP contribution >= 0.6 is 11.6 Å². The van der Waals surface area contributed by atoms with E-state index < -0.39 is 23.6 Å². The van der Waals surface area contributed by atoms with Crippen molar-refractivity contribution in [3.05, 3.63) is 70.0 Å². The van der Waals surface area contributed by atoms with Gasteiger partial charge in [0.1, 0.15) is 5.82 Å². The van der Waals surface area contributed by atoms with Crippen molar-refractivity contribution < 1.29 is 17.6 Å². The van der Waals surface area contributed by atoms with Gasteiger partial charge in [-0.25, -0.2) is 4.39 Å². The van der Waals surface area contributed by atoms with Gasteiger partial charge in [0, 0.05) is 11.1 Å². The Morgan fingerprint density at radius 3 is 2.43 bits per heavy atom. The van der Waals surface area contributed by atoms with Gasteiger partial charge in [-0.3, -0.25) is 0 Å². The number of hydrogen-bond donors (Lipinski definition) is 1. The second-order valence-electron chi connectivity index (χ2n) is 4.67. The summed E-state index contributed by atoms with van der Waals surface area (Å²) in [4.78, 5) is 0. The van der Waals surface area contributed by atoms with Crippen LogP contribution in [0.2, 0.25) is 5.02 Å². The maximum Gasteiger partial charge on any atom is 0.416 e. The molecule has 0 aliphatic heterocycles. The first-order chi connectivity index (χ1) is 9.77. The molecular formula is C15H12ClF4N. The monoisotopic (exact) mass is 317 g/mol. The van der Waals surface area contributed by atoms with Crippen LogP contribution in [-0.2, 0) is 12.6 Å². The van der Waals surface area contributed by atoms with Crippen molar-refractivity contribution in [2.45, 2.75) is 18.6 Å². The van der Waals surface area contributed by atoms with E-state index in [1.807, 2.05) is 0 Å². The van der Waals surface area contributed by atoms with E-state index in [9.17, 15) is 17.6 Å². The van der Waals surface area contributed by atoms with Crippen molar-refractivity contribution in [2.75, 3.05) is 0 Å². The largest absolute Gasteiger partial charge is 0.416 e. The average Bonchev–Trinajstić information content (AvgIpc) is 2.41. The first-order valence-electron chi connectivity index (χ1n) is 6.14. The van der Waals surface area contributed by atoms with Gasteiger partial charge in [-0.1, -0.05) is 29.8 Å². The molecule has 0 saturated heterocycles. The van der Waals surface area contributed by atoms with Crippen molar-refractivity contribution in [1.82, 2.24) is 0 Å². The Morgan fingerprint density at radius 2 is 1.81 bits per heavy atom. The van der Waals surface area contributed by atoms with Gasteiger partial charge in [-0.05, 0) is 41.8 Å². The molecule has 2 rings (SSSR count). The quantitative estimate of drug-likeness (QED) is 0.813. The summed E-state index contributed by atoms with van der Waals surface area (Å²) in [6.45, 7) is 0. The van der Waals surface area contributed by atoms with E-state index in [0.29, 0.717) is 11.1 Å². The smallest absolute Gasteiger partial charge is 0.324 e. The van der Waals surface area contributed by atoms with Gasteiger partial charge in [0.2, 0.25) is 0 Å². The minimum Gasteiger partial charge on any atom is -0.324 e. The van der Waals surface area contributed by atoms with Crippen LogP contribution < -0.4 is 5.73 Å². The zero-order valence-electron chi connectivity index (χ0n) is 10.8. The highest BCUT2D eigenvalue weighted by atomic mass is 35.5. The molecule has 1 unspecified atom stereocenters. The van der Waals surface area contributed by atoms with Crippen LogP contribution in [0, 0.1) is 5.82 Å². The summed E-state index contributed by atoms with van der Waals surface area (Å²) in [6, 6.07) is 8.04. The first kappa shape index (κ1) is 15.8. The number of alkyl halides is 3. The summed E-state index contributed by atoms with van der Waals surface area (Å²) in [7, 11) is 0. The van der Waals surface area contributed by atoms with Gasteiger partial charge in [-0.15, -0.1) is 0 Å². The van der Waals surface area contributed by atoms with Crippen molar-refractivity contribution >= 4 is 11.6 Å². The van der Waals surface area contributed by atoms with E-state index in [2.05, 4.69) is 0 Å². The van der Waals surface area contributed by atoms with E-state index >= 15 is 0 Å². The second-order valence-corrected chi connectivity index (χ2v) is 5.08. The molecule has 0 saturated carbocycles. The summed E-state index contributed by atoms with van der Waals surface area (Å²) >= 11 is 5.89. The standard InChI is InChI=1S/C15H12ClF4N/c16-13-8-12(17)5-4-9(13)7-14(21)10-2-1-3-11(6-10)15(18,19)20/h1-6,8,14H,7,21H2. The lowest BCUT2D eigenvalue weighted by Crippen LogP contribution is -2.15. The van der Waals surface area contributed by atoms with Crippen molar-refractivity contribution in [1.29, 1.82) is 0 Å². The molecule has 0 aliphatic rings. The lowest BCUT2D eigenvalue weighted by atomic mass is 9.98. The molecule has 1 atom stereocenters. The summed E-state index contributed by atoms with van der Waals surface area (Å²) in [5, 5.41) is 0.206. The highest BCUT2D eigenvalue weighted by Gasteiger charge is 2.30. The molecule has 2 aromatic carbocycles.